The van der Waals surface area contributed by atoms with Gasteiger partial charge in [0.15, 0.2) is 0 Å². The Hall–Kier alpha value is -2.77. The second-order valence-corrected chi connectivity index (χ2v) is 10.0. The zero-order valence-electron chi connectivity index (χ0n) is 18.3. The highest BCUT2D eigenvalue weighted by molar-refractivity contribution is 7.93. The number of benzene rings is 1. The summed E-state index contributed by atoms with van der Waals surface area (Å²) < 4.78 is 109. The summed E-state index contributed by atoms with van der Waals surface area (Å²) in [6, 6.07) is 0.0881. The fraction of sp³-hybridized carbons (Fsp3) is 0.500. The SMILES string of the molecule is CC(C)(C)OC(=O)N1CCC(=CS(=O)(=O)NC(=O)c2cc(C(F)(F)F)cc(C(F)(F)F)c2)CC1. The molecule has 0 bridgehead atoms. The first-order chi connectivity index (χ1) is 15.3. The fourth-order valence-electron chi connectivity index (χ4n) is 2.94. The maximum Gasteiger partial charge on any atom is 0.416 e. The molecule has 0 unspecified atom stereocenters. The fourth-order valence-corrected chi connectivity index (χ4v) is 4.05. The minimum Gasteiger partial charge on any atom is -0.444 e. The topological polar surface area (TPSA) is 92.8 Å². The Bertz CT molecular complexity index is 1050. The number of carbonyl (C=O) groups is 2. The van der Waals surface area contributed by atoms with Gasteiger partial charge in [0.05, 0.1) is 16.5 Å². The zero-order chi connectivity index (χ0) is 26.1. The van der Waals surface area contributed by atoms with Crippen LogP contribution in [0.3, 0.4) is 0 Å². The summed E-state index contributed by atoms with van der Waals surface area (Å²) in [6.45, 7) is 5.27. The number of hydrogen-bond donors (Lipinski definition) is 1. The minimum atomic E-state index is -5.20. The van der Waals surface area contributed by atoms with E-state index in [0.29, 0.717) is 11.0 Å². The Labute approximate surface area is 191 Å². The predicted octanol–water partition coefficient (Wildman–Crippen LogP) is 4.70. The minimum absolute atomic E-state index is 0.107. The van der Waals surface area contributed by atoms with Gasteiger partial charge in [0, 0.05) is 18.7 Å². The molecular formula is C20H22F6N2O5S. The van der Waals surface area contributed by atoms with E-state index in [-0.39, 0.29) is 44.1 Å². The van der Waals surface area contributed by atoms with Gasteiger partial charge in [-0.05, 0) is 51.8 Å². The Balaban J connectivity index is 2.16. The van der Waals surface area contributed by atoms with Crippen LogP contribution in [0.5, 0.6) is 0 Å². The van der Waals surface area contributed by atoms with Crippen molar-refractivity contribution < 1.29 is 49.1 Å². The molecule has 1 heterocycles. The van der Waals surface area contributed by atoms with Gasteiger partial charge in [-0.2, -0.15) is 26.3 Å². The molecule has 1 N–H and O–H groups in total. The van der Waals surface area contributed by atoms with Crippen LogP contribution in [0.2, 0.25) is 0 Å². The lowest BCUT2D eigenvalue weighted by molar-refractivity contribution is -0.143. The van der Waals surface area contributed by atoms with Crippen molar-refractivity contribution in [2.45, 2.75) is 51.6 Å². The molecular weight excluding hydrogens is 494 g/mol. The molecule has 0 saturated carbocycles. The van der Waals surface area contributed by atoms with Crippen molar-refractivity contribution in [2.75, 3.05) is 13.1 Å². The van der Waals surface area contributed by atoms with Crippen LogP contribution in [0.4, 0.5) is 31.1 Å². The largest absolute Gasteiger partial charge is 0.444 e. The van der Waals surface area contributed by atoms with Crippen LogP contribution in [0.1, 0.15) is 55.1 Å². The standard InChI is InChI=1S/C20H22F6N2O5S/c1-18(2,3)33-17(30)28-6-4-12(5-7-28)11-34(31,32)27-16(29)13-8-14(19(21,22)23)10-15(9-13)20(24,25)26/h8-11H,4-7H2,1-3H3,(H,27,29). The number of piperidine rings is 1. The summed E-state index contributed by atoms with van der Waals surface area (Å²) >= 11 is 0. The Morgan fingerprint density at radius 2 is 1.41 bits per heavy atom. The molecule has 0 atom stereocenters. The summed E-state index contributed by atoms with van der Waals surface area (Å²) in [4.78, 5) is 25.6. The normalized spacial score (nSPS) is 15.7. The number of ether oxygens (including phenoxy) is 1. The molecule has 34 heavy (non-hydrogen) atoms. The van der Waals surface area contributed by atoms with Gasteiger partial charge in [-0.3, -0.25) is 4.79 Å². The third kappa shape index (κ3) is 7.92. The first-order valence-electron chi connectivity index (χ1n) is 9.81. The van der Waals surface area contributed by atoms with Crippen LogP contribution < -0.4 is 4.72 Å². The van der Waals surface area contributed by atoms with E-state index in [1.165, 1.54) is 9.62 Å². The molecule has 1 aliphatic rings. The van der Waals surface area contributed by atoms with Crippen molar-refractivity contribution in [3.05, 3.63) is 45.9 Å². The first kappa shape index (κ1) is 27.5. The molecule has 1 aromatic rings. The van der Waals surface area contributed by atoms with Crippen LogP contribution in [0.25, 0.3) is 0 Å². The molecule has 0 aliphatic carbocycles. The summed E-state index contributed by atoms with van der Waals surface area (Å²) in [5.41, 5.74) is -5.05. The van der Waals surface area contributed by atoms with Crippen LogP contribution in [0.15, 0.2) is 29.2 Å². The number of alkyl halides is 6. The number of hydrogen-bond acceptors (Lipinski definition) is 5. The van der Waals surface area contributed by atoms with E-state index in [9.17, 15) is 44.3 Å². The predicted molar refractivity (Wildman–Crippen MR) is 108 cm³/mol. The van der Waals surface area contributed by atoms with Gasteiger partial charge in [0.2, 0.25) is 0 Å². The Morgan fingerprint density at radius 3 is 1.82 bits per heavy atom. The van der Waals surface area contributed by atoms with Crippen LogP contribution in [-0.2, 0) is 27.1 Å². The van der Waals surface area contributed by atoms with Gasteiger partial charge in [-0.1, -0.05) is 5.57 Å². The highest BCUT2D eigenvalue weighted by atomic mass is 32.2. The molecule has 1 aromatic carbocycles. The monoisotopic (exact) mass is 516 g/mol. The Morgan fingerprint density at radius 1 is 0.941 bits per heavy atom. The first-order valence-corrected chi connectivity index (χ1v) is 11.4. The number of carbonyl (C=O) groups excluding carboxylic acids is 2. The van der Waals surface area contributed by atoms with E-state index in [2.05, 4.69) is 0 Å². The van der Waals surface area contributed by atoms with Crippen molar-refractivity contribution in [1.29, 1.82) is 0 Å². The quantitative estimate of drug-likeness (QED) is 0.588. The lowest BCUT2D eigenvalue weighted by Gasteiger charge is -2.30. The van der Waals surface area contributed by atoms with E-state index in [1.54, 1.807) is 20.8 Å². The van der Waals surface area contributed by atoms with Crippen LogP contribution in [-0.4, -0.2) is 44.0 Å². The highest BCUT2D eigenvalue weighted by Crippen LogP contribution is 2.36. The van der Waals surface area contributed by atoms with Gasteiger partial charge < -0.3 is 9.64 Å². The second-order valence-electron chi connectivity index (χ2n) is 8.51. The number of nitrogens with one attached hydrogen (secondary N) is 1. The molecule has 7 nitrogen and oxygen atoms in total. The molecule has 0 spiro atoms. The molecule has 1 saturated heterocycles. The number of rotatable bonds is 3. The molecule has 14 heteroatoms. The summed E-state index contributed by atoms with van der Waals surface area (Å²) in [7, 11) is -4.55. The Kier molecular flexibility index (Phi) is 7.65. The van der Waals surface area contributed by atoms with Crippen molar-refractivity contribution in [3.63, 3.8) is 0 Å². The van der Waals surface area contributed by atoms with E-state index in [1.807, 2.05) is 0 Å². The lowest BCUT2D eigenvalue weighted by Crippen LogP contribution is -2.40. The van der Waals surface area contributed by atoms with E-state index >= 15 is 0 Å². The molecule has 0 aromatic heterocycles. The number of nitrogens with zero attached hydrogens (tertiary/aromatic N) is 1. The van der Waals surface area contributed by atoms with Gasteiger partial charge in [0.25, 0.3) is 15.9 Å². The smallest absolute Gasteiger partial charge is 0.416 e. The summed E-state index contributed by atoms with van der Waals surface area (Å²) in [5, 5.41) is 0.676. The van der Waals surface area contributed by atoms with Crippen molar-refractivity contribution in [1.82, 2.24) is 9.62 Å². The molecule has 2 amide bonds. The van der Waals surface area contributed by atoms with Gasteiger partial charge in [-0.15, -0.1) is 0 Å². The molecule has 1 aliphatic heterocycles. The van der Waals surface area contributed by atoms with Crippen molar-refractivity contribution in [2.24, 2.45) is 0 Å². The zero-order valence-corrected chi connectivity index (χ0v) is 19.1. The van der Waals surface area contributed by atoms with Crippen molar-refractivity contribution in [3.8, 4) is 0 Å². The van der Waals surface area contributed by atoms with E-state index in [0.717, 1.165) is 0 Å². The van der Waals surface area contributed by atoms with Crippen LogP contribution in [0, 0.1) is 0 Å². The van der Waals surface area contributed by atoms with Crippen molar-refractivity contribution >= 4 is 22.0 Å². The van der Waals surface area contributed by atoms with E-state index < -0.39 is 56.7 Å². The third-order valence-corrected chi connectivity index (χ3v) is 5.58. The van der Waals surface area contributed by atoms with Gasteiger partial charge in [-0.25, -0.2) is 17.9 Å². The van der Waals surface area contributed by atoms with E-state index in [4.69, 9.17) is 4.74 Å². The second kappa shape index (κ2) is 9.47. The van der Waals surface area contributed by atoms with Gasteiger partial charge >= 0.3 is 18.4 Å². The number of sulfonamides is 1. The highest BCUT2D eigenvalue weighted by Gasteiger charge is 2.37. The van der Waals surface area contributed by atoms with Gasteiger partial charge in [0.1, 0.15) is 5.60 Å². The average Bonchev–Trinajstić information content (AvgIpc) is 2.64. The maximum atomic E-state index is 13.0. The van der Waals surface area contributed by atoms with Crippen LogP contribution >= 0.6 is 0 Å². The summed E-state index contributed by atoms with van der Waals surface area (Å²) in [5.74, 6) is -1.65. The molecule has 190 valence electrons. The molecule has 0 radical (unpaired) electrons. The average molecular weight is 516 g/mol. The summed E-state index contributed by atoms with van der Waals surface area (Å²) in [6.07, 6.45) is -10.8. The third-order valence-electron chi connectivity index (χ3n) is 4.46. The maximum absolute atomic E-state index is 13.0. The molecule has 2 rings (SSSR count). The molecule has 1 fully saturated rings. The number of halogens is 6. The number of likely N-dealkylation sites (tertiary alicyclic amines) is 1. The number of amides is 2. The lowest BCUT2D eigenvalue weighted by atomic mass is 10.0.